The summed E-state index contributed by atoms with van der Waals surface area (Å²) in [6, 6.07) is 0. The summed E-state index contributed by atoms with van der Waals surface area (Å²) in [6.45, 7) is 3.28. The number of rotatable bonds is 37. The molecule has 0 saturated carbocycles. The van der Waals surface area contributed by atoms with E-state index >= 15 is 0 Å². The zero-order valence-electron chi connectivity index (χ0n) is 35.4. The molecule has 10 heteroatoms. The van der Waals surface area contributed by atoms with Gasteiger partial charge in [0.25, 0.3) is 0 Å². The van der Waals surface area contributed by atoms with Crippen LogP contribution in [-0.4, -0.2) is 89.0 Å². The molecule has 0 spiro atoms. The van der Waals surface area contributed by atoms with E-state index in [2.05, 4.69) is 32.1 Å². The van der Waals surface area contributed by atoms with Crippen molar-refractivity contribution < 1.29 is 49.0 Å². The van der Waals surface area contributed by atoms with Crippen LogP contribution in [0.1, 0.15) is 187 Å². The number of unbranched alkanes of at least 4 members (excludes halogenated alkanes) is 22. The molecule has 3 unspecified atom stereocenters. The van der Waals surface area contributed by atoms with E-state index in [1.165, 1.54) is 96.3 Å². The number of hydrogen-bond acceptors (Lipinski definition) is 10. The highest BCUT2D eigenvalue weighted by molar-refractivity contribution is 5.70. The standard InChI is InChI=1S/C46H82O10/c1-3-5-7-9-11-13-15-17-18-19-20-21-23-24-26-28-30-32-34-41(48)53-37-39(38-54-46-45(52)44(51)43(50)40(36-47)56-46)55-42(49)35-33-31-29-27-25-22-16-14-12-10-8-6-4-2/h6,8,10,12,14,16,39-40,43-47,50-52H,3-5,7,9,11,13,15,17-38H2,1-2H3/b8-6+,12-10+,16-14+/t39?,40-,43+,44?,45?,46-/m0/s1. The fourth-order valence-electron chi connectivity index (χ4n) is 6.78. The predicted octanol–water partition coefficient (Wildman–Crippen LogP) is 9.50. The van der Waals surface area contributed by atoms with Gasteiger partial charge >= 0.3 is 11.9 Å². The fraction of sp³-hybridized carbons (Fsp3) is 0.826. The first kappa shape index (κ1) is 51.9. The van der Waals surface area contributed by atoms with Crippen LogP contribution in [0.25, 0.3) is 0 Å². The molecule has 0 aromatic heterocycles. The summed E-state index contributed by atoms with van der Waals surface area (Å²) in [6.07, 6.45) is 34.4. The molecule has 0 amide bonds. The molecule has 1 heterocycles. The van der Waals surface area contributed by atoms with E-state index in [4.69, 9.17) is 18.9 Å². The lowest BCUT2D eigenvalue weighted by molar-refractivity contribution is -0.305. The van der Waals surface area contributed by atoms with Crippen LogP contribution in [0, 0.1) is 0 Å². The lowest BCUT2D eigenvalue weighted by Gasteiger charge is -2.39. The lowest BCUT2D eigenvalue weighted by atomic mass is 9.99. The molecular weight excluding hydrogens is 712 g/mol. The molecule has 1 rings (SSSR count). The average molecular weight is 795 g/mol. The average Bonchev–Trinajstić information content (AvgIpc) is 3.19. The van der Waals surface area contributed by atoms with Gasteiger partial charge in [0.15, 0.2) is 12.4 Å². The van der Waals surface area contributed by atoms with Crippen LogP contribution in [0.2, 0.25) is 0 Å². The van der Waals surface area contributed by atoms with E-state index in [0.717, 1.165) is 57.8 Å². The number of aliphatic hydroxyl groups excluding tert-OH is 4. The van der Waals surface area contributed by atoms with Gasteiger partial charge in [-0.05, 0) is 32.1 Å². The largest absolute Gasteiger partial charge is 0.462 e. The Morgan fingerprint density at radius 2 is 1.05 bits per heavy atom. The van der Waals surface area contributed by atoms with Gasteiger partial charge in [0.1, 0.15) is 31.0 Å². The van der Waals surface area contributed by atoms with Gasteiger partial charge in [0, 0.05) is 12.8 Å². The molecule has 0 aromatic rings. The predicted molar refractivity (Wildman–Crippen MR) is 224 cm³/mol. The summed E-state index contributed by atoms with van der Waals surface area (Å²) in [7, 11) is 0. The number of carbonyl (C=O) groups is 2. The summed E-state index contributed by atoms with van der Waals surface area (Å²) < 4.78 is 22.1. The van der Waals surface area contributed by atoms with Crippen molar-refractivity contribution in [3.8, 4) is 0 Å². The van der Waals surface area contributed by atoms with Gasteiger partial charge < -0.3 is 39.4 Å². The minimum Gasteiger partial charge on any atom is -0.462 e. The molecular formula is C46H82O10. The van der Waals surface area contributed by atoms with Crippen LogP contribution in [0.3, 0.4) is 0 Å². The number of carbonyl (C=O) groups excluding carboxylic acids is 2. The van der Waals surface area contributed by atoms with Crippen molar-refractivity contribution in [3.05, 3.63) is 36.5 Å². The van der Waals surface area contributed by atoms with Crippen molar-refractivity contribution in [3.63, 3.8) is 0 Å². The Morgan fingerprint density at radius 3 is 1.57 bits per heavy atom. The number of hydrogen-bond donors (Lipinski definition) is 4. The molecule has 0 bridgehead atoms. The molecule has 56 heavy (non-hydrogen) atoms. The molecule has 1 aliphatic rings. The smallest absolute Gasteiger partial charge is 0.306 e. The van der Waals surface area contributed by atoms with Crippen LogP contribution in [0.5, 0.6) is 0 Å². The number of ether oxygens (including phenoxy) is 4. The minimum absolute atomic E-state index is 0.208. The van der Waals surface area contributed by atoms with E-state index in [1.807, 2.05) is 18.2 Å². The maximum absolute atomic E-state index is 12.7. The summed E-state index contributed by atoms with van der Waals surface area (Å²) in [5.41, 5.74) is 0. The highest BCUT2D eigenvalue weighted by Crippen LogP contribution is 2.23. The van der Waals surface area contributed by atoms with Gasteiger partial charge in [-0.2, -0.15) is 0 Å². The molecule has 10 nitrogen and oxygen atoms in total. The van der Waals surface area contributed by atoms with Gasteiger partial charge in [-0.1, -0.05) is 179 Å². The first-order valence-electron chi connectivity index (χ1n) is 22.6. The SMILES string of the molecule is CC/C=C/C=C/C=C/CCCCCCCC(=O)OC(COC(=O)CCCCCCCCCCCCCCCCCCCC)CO[C@H]1O[C@@H](CO)[C@@H](O)C(O)C1O. The minimum atomic E-state index is -1.60. The summed E-state index contributed by atoms with van der Waals surface area (Å²) in [5.74, 6) is -0.826. The van der Waals surface area contributed by atoms with E-state index in [0.29, 0.717) is 6.42 Å². The summed E-state index contributed by atoms with van der Waals surface area (Å²) in [4.78, 5) is 25.3. The zero-order chi connectivity index (χ0) is 40.9. The third kappa shape index (κ3) is 28.3. The Morgan fingerprint density at radius 1 is 0.571 bits per heavy atom. The quantitative estimate of drug-likeness (QED) is 0.0272. The topological polar surface area (TPSA) is 152 Å². The van der Waals surface area contributed by atoms with E-state index in [9.17, 15) is 30.0 Å². The lowest BCUT2D eigenvalue weighted by Crippen LogP contribution is -2.59. The van der Waals surface area contributed by atoms with Crippen molar-refractivity contribution in [2.24, 2.45) is 0 Å². The van der Waals surface area contributed by atoms with Crippen molar-refractivity contribution in [2.45, 2.75) is 224 Å². The zero-order valence-corrected chi connectivity index (χ0v) is 35.4. The second-order valence-corrected chi connectivity index (χ2v) is 15.5. The Balaban J connectivity index is 2.31. The highest BCUT2D eigenvalue weighted by atomic mass is 16.7. The maximum Gasteiger partial charge on any atom is 0.306 e. The molecule has 1 saturated heterocycles. The third-order valence-electron chi connectivity index (χ3n) is 10.4. The first-order chi connectivity index (χ1) is 27.3. The molecule has 6 atom stereocenters. The summed E-state index contributed by atoms with van der Waals surface area (Å²) >= 11 is 0. The van der Waals surface area contributed by atoms with Gasteiger partial charge in [0.05, 0.1) is 13.2 Å². The van der Waals surface area contributed by atoms with Gasteiger partial charge in [-0.15, -0.1) is 0 Å². The van der Waals surface area contributed by atoms with Crippen LogP contribution in [-0.2, 0) is 28.5 Å². The van der Waals surface area contributed by atoms with Gasteiger partial charge in [-0.25, -0.2) is 0 Å². The third-order valence-corrected chi connectivity index (χ3v) is 10.4. The molecule has 0 aliphatic carbocycles. The van der Waals surface area contributed by atoms with Crippen LogP contribution >= 0.6 is 0 Å². The Kier molecular flexibility index (Phi) is 34.5. The Labute approximate surface area is 340 Å². The fourth-order valence-corrected chi connectivity index (χ4v) is 6.78. The molecule has 0 radical (unpaired) electrons. The molecule has 326 valence electrons. The van der Waals surface area contributed by atoms with Crippen LogP contribution < -0.4 is 0 Å². The number of esters is 2. The van der Waals surface area contributed by atoms with Crippen molar-refractivity contribution in [1.29, 1.82) is 0 Å². The van der Waals surface area contributed by atoms with Gasteiger partial charge in [-0.3, -0.25) is 9.59 Å². The Bertz CT molecular complexity index is 1010. The van der Waals surface area contributed by atoms with E-state index < -0.39 is 49.4 Å². The number of aliphatic hydroxyl groups is 4. The highest BCUT2D eigenvalue weighted by Gasteiger charge is 2.44. The monoisotopic (exact) mass is 795 g/mol. The molecule has 1 fully saturated rings. The first-order valence-corrected chi connectivity index (χ1v) is 22.6. The second kappa shape index (κ2) is 37.2. The van der Waals surface area contributed by atoms with Crippen molar-refractivity contribution >= 4 is 11.9 Å². The molecule has 4 N–H and O–H groups in total. The molecule has 0 aromatic carbocycles. The number of allylic oxidation sites excluding steroid dienone is 6. The van der Waals surface area contributed by atoms with Crippen molar-refractivity contribution in [2.75, 3.05) is 19.8 Å². The summed E-state index contributed by atoms with van der Waals surface area (Å²) in [5, 5.41) is 40.0. The Hall–Kier alpha value is -2.08. The van der Waals surface area contributed by atoms with Gasteiger partial charge in [0.2, 0.25) is 0 Å². The van der Waals surface area contributed by atoms with Crippen molar-refractivity contribution in [1.82, 2.24) is 0 Å². The van der Waals surface area contributed by atoms with Crippen LogP contribution in [0.4, 0.5) is 0 Å². The molecule has 1 aliphatic heterocycles. The normalized spacial score (nSPS) is 20.7. The van der Waals surface area contributed by atoms with E-state index in [1.54, 1.807) is 0 Å². The maximum atomic E-state index is 12.7. The second-order valence-electron chi connectivity index (χ2n) is 15.5. The van der Waals surface area contributed by atoms with Crippen LogP contribution in [0.15, 0.2) is 36.5 Å². The van der Waals surface area contributed by atoms with E-state index in [-0.39, 0.29) is 32.0 Å².